The number of aromatic nitrogens is 3. The fourth-order valence-electron chi connectivity index (χ4n) is 2.62. The van der Waals surface area contributed by atoms with Crippen LogP contribution in [0.25, 0.3) is 11.5 Å². The summed E-state index contributed by atoms with van der Waals surface area (Å²) in [6.45, 7) is 1.37. The maximum atomic E-state index is 14.2. The number of anilines is 2. The SMILES string of the molecule is CC(=O)N(c1nc(CSc2nnc(-c3ccc(Cl)cc3)o2)cs1)c1ccccc1F. The number of carbonyl (C=O) groups is 1. The minimum absolute atomic E-state index is 0.170. The lowest BCUT2D eigenvalue weighted by Gasteiger charge is -2.18. The molecule has 4 aromatic rings. The summed E-state index contributed by atoms with van der Waals surface area (Å²) >= 11 is 8.48. The van der Waals surface area contributed by atoms with Crippen molar-refractivity contribution in [2.24, 2.45) is 0 Å². The lowest BCUT2D eigenvalue weighted by molar-refractivity contribution is -0.115. The van der Waals surface area contributed by atoms with E-state index in [-0.39, 0.29) is 11.6 Å². The van der Waals surface area contributed by atoms with Crippen LogP contribution in [-0.4, -0.2) is 21.1 Å². The van der Waals surface area contributed by atoms with E-state index in [1.54, 1.807) is 42.5 Å². The minimum atomic E-state index is -0.487. The fraction of sp³-hybridized carbons (Fsp3) is 0.100. The molecule has 0 radical (unpaired) electrons. The first-order chi connectivity index (χ1) is 14.5. The van der Waals surface area contributed by atoms with Crippen LogP contribution >= 0.6 is 34.7 Å². The van der Waals surface area contributed by atoms with Gasteiger partial charge in [0.25, 0.3) is 5.22 Å². The van der Waals surface area contributed by atoms with E-state index < -0.39 is 5.82 Å². The Balaban J connectivity index is 1.47. The molecule has 0 fully saturated rings. The van der Waals surface area contributed by atoms with Crippen LogP contribution in [0.1, 0.15) is 12.6 Å². The molecule has 0 bridgehead atoms. The van der Waals surface area contributed by atoms with Gasteiger partial charge in [-0.15, -0.1) is 21.5 Å². The van der Waals surface area contributed by atoms with E-state index in [1.807, 2.05) is 5.38 Å². The molecule has 0 saturated heterocycles. The molecule has 0 N–H and O–H groups in total. The zero-order valence-electron chi connectivity index (χ0n) is 15.6. The van der Waals surface area contributed by atoms with Crippen molar-refractivity contribution in [2.45, 2.75) is 17.9 Å². The summed E-state index contributed by atoms with van der Waals surface area (Å²) in [5, 5.41) is 11.3. The summed E-state index contributed by atoms with van der Waals surface area (Å²) in [6.07, 6.45) is 0. The third-order valence-electron chi connectivity index (χ3n) is 3.98. The summed E-state index contributed by atoms with van der Waals surface area (Å²) in [4.78, 5) is 17.9. The number of rotatable bonds is 6. The van der Waals surface area contributed by atoms with Gasteiger partial charge in [0.1, 0.15) is 5.82 Å². The van der Waals surface area contributed by atoms with Crippen LogP contribution < -0.4 is 4.90 Å². The van der Waals surface area contributed by atoms with Crippen molar-refractivity contribution in [3.8, 4) is 11.5 Å². The van der Waals surface area contributed by atoms with Crippen molar-refractivity contribution in [1.82, 2.24) is 15.2 Å². The summed E-state index contributed by atoms with van der Waals surface area (Å²) < 4.78 is 19.8. The van der Waals surface area contributed by atoms with Crippen molar-refractivity contribution < 1.29 is 13.6 Å². The Morgan fingerprint density at radius 2 is 1.97 bits per heavy atom. The van der Waals surface area contributed by atoms with Gasteiger partial charge in [-0.3, -0.25) is 9.69 Å². The van der Waals surface area contributed by atoms with E-state index in [0.717, 1.165) is 5.56 Å². The Bertz CT molecular complexity index is 1180. The maximum absolute atomic E-state index is 14.2. The Hall–Kier alpha value is -2.75. The van der Waals surface area contributed by atoms with Crippen molar-refractivity contribution in [3.63, 3.8) is 0 Å². The van der Waals surface area contributed by atoms with Gasteiger partial charge >= 0.3 is 0 Å². The molecule has 2 aromatic carbocycles. The number of benzene rings is 2. The van der Waals surface area contributed by atoms with Crippen LogP contribution in [0.3, 0.4) is 0 Å². The van der Waals surface area contributed by atoms with E-state index in [4.69, 9.17) is 16.0 Å². The van der Waals surface area contributed by atoms with Crippen LogP contribution in [0.5, 0.6) is 0 Å². The fourth-order valence-corrected chi connectivity index (χ4v) is 4.39. The molecule has 0 aliphatic rings. The van der Waals surface area contributed by atoms with E-state index in [2.05, 4.69) is 15.2 Å². The average molecular weight is 461 g/mol. The van der Waals surface area contributed by atoms with E-state index in [9.17, 15) is 9.18 Å². The number of thiazole rings is 1. The largest absolute Gasteiger partial charge is 0.411 e. The molecule has 0 aliphatic heterocycles. The number of para-hydroxylation sites is 1. The first-order valence-corrected chi connectivity index (χ1v) is 11.0. The third-order valence-corrected chi connectivity index (χ3v) is 5.96. The van der Waals surface area contributed by atoms with Crippen molar-refractivity contribution >= 4 is 51.4 Å². The smallest absolute Gasteiger partial charge is 0.277 e. The highest BCUT2D eigenvalue weighted by Crippen LogP contribution is 2.33. The number of amides is 1. The second-order valence-electron chi connectivity index (χ2n) is 6.10. The van der Waals surface area contributed by atoms with Crippen LogP contribution in [0, 0.1) is 5.82 Å². The standard InChI is InChI=1S/C20H14ClFN4O2S2/c1-12(27)26(17-5-3-2-4-16(17)22)19-23-15(10-29-19)11-30-20-25-24-18(28-20)13-6-8-14(21)9-7-13/h2-10H,11H2,1H3. The number of thioether (sulfide) groups is 1. The van der Waals surface area contributed by atoms with Crippen LogP contribution in [-0.2, 0) is 10.5 Å². The lowest BCUT2D eigenvalue weighted by Crippen LogP contribution is -2.23. The Kier molecular flexibility index (Phi) is 6.12. The molecule has 1 amide bonds. The van der Waals surface area contributed by atoms with Gasteiger partial charge in [-0.05, 0) is 36.4 Å². The minimum Gasteiger partial charge on any atom is -0.411 e. The number of carbonyl (C=O) groups excluding carboxylic acids is 1. The lowest BCUT2D eigenvalue weighted by atomic mass is 10.2. The van der Waals surface area contributed by atoms with Gasteiger partial charge in [-0.2, -0.15) is 0 Å². The molecule has 4 rings (SSSR count). The number of hydrogen-bond acceptors (Lipinski definition) is 7. The van der Waals surface area contributed by atoms with Crippen molar-refractivity contribution in [1.29, 1.82) is 0 Å². The highest BCUT2D eigenvalue weighted by molar-refractivity contribution is 7.98. The van der Waals surface area contributed by atoms with Gasteiger partial charge in [0.2, 0.25) is 11.8 Å². The topological polar surface area (TPSA) is 72.1 Å². The predicted octanol–water partition coefficient (Wildman–Crippen LogP) is 5.96. The van der Waals surface area contributed by atoms with Gasteiger partial charge in [-0.1, -0.05) is 35.5 Å². The quantitative estimate of drug-likeness (QED) is 0.330. The molecule has 30 heavy (non-hydrogen) atoms. The highest BCUT2D eigenvalue weighted by Gasteiger charge is 2.21. The predicted molar refractivity (Wildman–Crippen MR) is 116 cm³/mol. The Morgan fingerprint density at radius 1 is 1.20 bits per heavy atom. The molecule has 6 nitrogen and oxygen atoms in total. The van der Waals surface area contributed by atoms with Crippen molar-refractivity contribution in [2.75, 3.05) is 4.90 Å². The summed E-state index contributed by atoms with van der Waals surface area (Å²) in [7, 11) is 0. The van der Waals surface area contributed by atoms with E-state index in [1.165, 1.54) is 41.0 Å². The highest BCUT2D eigenvalue weighted by atomic mass is 35.5. The second-order valence-corrected chi connectivity index (χ2v) is 8.30. The van der Waals surface area contributed by atoms with Gasteiger partial charge in [0.15, 0.2) is 5.13 Å². The van der Waals surface area contributed by atoms with E-state index >= 15 is 0 Å². The third kappa shape index (κ3) is 4.53. The van der Waals surface area contributed by atoms with Gasteiger partial charge in [0, 0.05) is 28.6 Å². The number of halogens is 2. The zero-order chi connectivity index (χ0) is 21.1. The van der Waals surface area contributed by atoms with Crippen LogP contribution in [0.4, 0.5) is 15.2 Å². The molecule has 0 unspecified atom stereocenters. The summed E-state index contributed by atoms with van der Waals surface area (Å²) in [5.74, 6) is 0.0508. The molecule has 0 saturated carbocycles. The molecule has 0 spiro atoms. The zero-order valence-corrected chi connectivity index (χ0v) is 18.0. The van der Waals surface area contributed by atoms with Gasteiger partial charge in [0.05, 0.1) is 11.4 Å². The normalized spacial score (nSPS) is 10.9. The molecule has 2 heterocycles. The molecule has 10 heteroatoms. The van der Waals surface area contributed by atoms with Crippen LogP contribution in [0.15, 0.2) is 63.6 Å². The Morgan fingerprint density at radius 3 is 2.70 bits per heavy atom. The van der Waals surface area contributed by atoms with Gasteiger partial charge in [-0.25, -0.2) is 9.37 Å². The van der Waals surface area contributed by atoms with Crippen LogP contribution in [0.2, 0.25) is 5.02 Å². The molecular formula is C20H14ClFN4O2S2. The molecule has 0 aliphatic carbocycles. The maximum Gasteiger partial charge on any atom is 0.277 e. The summed E-state index contributed by atoms with van der Waals surface area (Å²) in [5.41, 5.74) is 1.66. The second kappa shape index (κ2) is 8.95. The molecular weight excluding hydrogens is 447 g/mol. The summed E-state index contributed by atoms with van der Waals surface area (Å²) in [6, 6.07) is 13.2. The van der Waals surface area contributed by atoms with Gasteiger partial charge < -0.3 is 4.42 Å². The number of nitrogens with zero attached hydrogens (tertiary/aromatic N) is 4. The molecule has 152 valence electrons. The first-order valence-electron chi connectivity index (χ1n) is 8.73. The average Bonchev–Trinajstić information content (AvgIpc) is 3.38. The number of hydrogen-bond donors (Lipinski definition) is 0. The first kappa shape index (κ1) is 20.5. The Labute approximate surface area is 184 Å². The monoisotopic (exact) mass is 460 g/mol. The van der Waals surface area contributed by atoms with Crippen molar-refractivity contribution in [3.05, 3.63) is 70.4 Å². The molecule has 0 atom stereocenters. The molecule has 2 aromatic heterocycles. The van der Waals surface area contributed by atoms with E-state index in [0.29, 0.717) is 32.7 Å².